The van der Waals surface area contributed by atoms with Gasteiger partial charge in [0.1, 0.15) is 6.04 Å². The topological polar surface area (TPSA) is 12.0 Å². The fraction of sp³-hybridized carbons (Fsp3) is 1.00. The molecule has 1 nitrogen and oxygen atoms in total. The lowest BCUT2D eigenvalue weighted by molar-refractivity contribution is -0.152. The van der Waals surface area contributed by atoms with Crippen LogP contribution in [0.2, 0.25) is 0 Å². The van der Waals surface area contributed by atoms with Crippen molar-refractivity contribution in [1.29, 1.82) is 0 Å². The third kappa shape index (κ3) is 1.62. The van der Waals surface area contributed by atoms with E-state index in [4.69, 9.17) is 0 Å². The smallest absolute Gasteiger partial charge is 0.304 e. The van der Waals surface area contributed by atoms with Crippen LogP contribution in [0.25, 0.3) is 0 Å². The monoisotopic (exact) mass is 153 g/mol. The molecule has 1 aliphatic heterocycles. The lowest BCUT2D eigenvalue weighted by atomic mass is 10.2. The average Bonchev–Trinajstić information content (AvgIpc) is 2.11. The van der Waals surface area contributed by atoms with E-state index >= 15 is 0 Å². The van der Waals surface area contributed by atoms with Crippen molar-refractivity contribution in [2.45, 2.75) is 38.0 Å². The van der Waals surface area contributed by atoms with Crippen molar-refractivity contribution in [3.63, 3.8) is 0 Å². The van der Waals surface area contributed by atoms with Crippen LogP contribution in [0.3, 0.4) is 0 Å². The standard InChI is InChI=1S/C6H10F3N/c1-4-2-3-5(10-4)6(7,8)9/h4-5,10H,2-3H2,1H3. The highest BCUT2D eigenvalue weighted by Crippen LogP contribution is 2.28. The van der Waals surface area contributed by atoms with Crippen molar-refractivity contribution in [3.8, 4) is 0 Å². The van der Waals surface area contributed by atoms with E-state index in [1.165, 1.54) is 0 Å². The highest BCUT2D eigenvalue weighted by molar-refractivity contribution is 4.85. The predicted molar refractivity (Wildman–Crippen MR) is 31.7 cm³/mol. The molecule has 0 spiro atoms. The van der Waals surface area contributed by atoms with E-state index in [-0.39, 0.29) is 12.5 Å². The largest absolute Gasteiger partial charge is 0.403 e. The second-order valence-electron chi connectivity index (χ2n) is 2.74. The summed E-state index contributed by atoms with van der Waals surface area (Å²) in [6.45, 7) is 1.77. The minimum Gasteiger partial charge on any atom is -0.304 e. The zero-order chi connectivity index (χ0) is 7.78. The Morgan fingerprint density at radius 2 is 1.90 bits per heavy atom. The summed E-state index contributed by atoms with van der Waals surface area (Å²) < 4.78 is 35.6. The second kappa shape index (κ2) is 2.42. The van der Waals surface area contributed by atoms with E-state index in [0.29, 0.717) is 6.42 Å². The molecule has 0 aromatic rings. The Bertz CT molecular complexity index is 121. The summed E-state index contributed by atoms with van der Waals surface area (Å²) in [7, 11) is 0. The number of alkyl halides is 3. The van der Waals surface area contributed by atoms with Gasteiger partial charge in [-0.25, -0.2) is 0 Å². The number of nitrogens with one attached hydrogen (secondary N) is 1. The van der Waals surface area contributed by atoms with Crippen LogP contribution in [0.15, 0.2) is 0 Å². The Hall–Kier alpha value is -0.250. The van der Waals surface area contributed by atoms with Gasteiger partial charge < -0.3 is 5.32 Å². The van der Waals surface area contributed by atoms with E-state index in [2.05, 4.69) is 5.32 Å². The Labute approximate surface area is 57.6 Å². The van der Waals surface area contributed by atoms with E-state index in [1.54, 1.807) is 6.92 Å². The molecule has 0 aromatic carbocycles. The summed E-state index contributed by atoms with van der Waals surface area (Å²) in [5.74, 6) is 0. The Balaban J connectivity index is 2.45. The van der Waals surface area contributed by atoms with Crippen molar-refractivity contribution in [3.05, 3.63) is 0 Å². The van der Waals surface area contributed by atoms with Gasteiger partial charge in [-0.2, -0.15) is 13.2 Å². The molecule has 1 rings (SSSR count). The molecule has 1 heterocycles. The molecule has 1 N–H and O–H groups in total. The van der Waals surface area contributed by atoms with Crippen molar-refractivity contribution >= 4 is 0 Å². The lowest BCUT2D eigenvalue weighted by Gasteiger charge is -2.14. The molecule has 4 heteroatoms. The molecule has 1 fully saturated rings. The summed E-state index contributed by atoms with van der Waals surface area (Å²) in [5, 5.41) is 2.47. The zero-order valence-electron chi connectivity index (χ0n) is 5.70. The van der Waals surface area contributed by atoms with Gasteiger partial charge in [0.15, 0.2) is 0 Å². The number of halogens is 3. The van der Waals surface area contributed by atoms with Crippen LogP contribution in [0, 0.1) is 0 Å². The molecule has 0 saturated carbocycles. The summed E-state index contributed by atoms with van der Waals surface area (Å²) in [6.07, 6.45) is -3.19. The SMILES string of the molecule is CC1CCC(C(F)(F)F)N1. The van der Waals surface area contributed by atoms with Crippen molar-refractivity contribution in [1.82, 2.24) is 5.32 Å². The van der Waals surface area contributed by atoms with Crippen LogP contribution in [-0.4, -0.2) is 18.3 Å². The molecule has 2 unspecified atom stereocenters. The van der Waals surface area contributed by atoms with Gasteiger partial charge in [-0.15, -0.1) is 0 Å². The van der Waals surface area contributed by atoms with Crippen molar-refractivity contribution < 1.29 is 13.2 Å². The van der Waals surface area contributed by atoms with Gasteiger partial charge in [0.2, 0.25) is 0 Å². The van der Waals surface area contributed by atoms with Gasteiger partial charge in [0.05, 0.1) is 0 Å². The molecule has 0 aliphatic carbocycles. The highest BCUT2D eigenvalue weighted by Gasteiger charge is 2.42. The van der Waals surface area contributed by atoms with E-state index < -0.39 is 12.2 Å². The molecule has 60 valence electrons. The average molecular weight is 153 g/mol. The van der Waals surface area contributed by atoms with Crippen molar-refractivity contribution in [2.75, 3.05) is 0 Å². The fourth-order valence-electron chi connectivity index (χ4n) is 1.18. The van der Waals surface area contributed by atoms with E-state index in [1.807, 2.05) is 0 Å². The first-order valence-electron chi connectivity index (χ1n) is 3.33. The van der Waals surface area contributed by atoms with Gasteiger partial charge in [-0.05, 0) is 19.8 Å². The summed E-state index contributed by atoms with van der Waals surface area (Å²) in [4.78, 5) is 0. The summed E-state index contributed by atoms with van der Waals surface area (Å²) in [5.41, 5.74) is 0. The molecule has 2 atom stereocenters. The fourth-order valence-corrected chi connectivity index (χ4v) is 1.18. The van der Waals surface area contributed by atoms with Gasteiger partial charge in [0, 0.05) is 6.04 Å². The van der Waals surface area contributed by atoms with Crippen LogP contribution >= 0.6 is 0 Å². The maximum Gasteiger partial charge on any atom is 0.403 e. The maximum absolute atomic E-state index is 11.9. The van der Waals surface area contributed by atoms with Crippen molar-refractivity contribution in [2.24, 2.45) is 0 Å². The van der Waals surface area contributed by atoms with Crippen LogP contribution in [0.1, 0.15) is 19.8 Å². The maximum atomic E-state index is 11.9. The van der Waals surface area contributed by atoms with Crippen LogP contribution in [-0.2, 0) is 0 Å². The molecule has 0 radical (unpaired) electrons. The number of hydrogen-bond acceptors (Lipinski definition) is 1. The van der Waals surface area contributed by atoms with Gasteiger partial charge >= 0.3 is 6.18 Å². The molecule has 0 bridgehead atoms. The second-order valence-corrected chi connectivity index (χ2v) is 2.74. The summed E-state index contributed by atoms with van der Waals surface area (Å²) >= 11 is 0. The molecular weight excluding hydrogens is 143 g/mol. The Morgan fingerprint density at radius 3 is 2.10 bits per heavy atom. The summed E-state index contributed by atoms with van der Waals surface area (Å²) in [6, 6.07) is -1.24. The van der Waals surface area contributed by atoms with Gasteiger partial charge in [0.25, 0.3) is 0 Å². The minimum atomic E-state index is -4.05. The lowest BCUT2D eigenvalue weighted by Crippen LogP contribution is -2.39. The Kier molecular flexibility index (Phi) is 1.90. The predicted octanol–water partition coefficient (Wildman–Crippen LogP) is 1.69. The molecule has 1 aliphatic rings. The van der Waals surface area contributed by atoms with Crippen LogP contribution in [0.4, 0.5) is 13.2 Å². The van der Waals surface area contributed by atoms with E-state index in [9.17, 15) is 13.2 Å². The van der Waals surface area contributed by atoms with Crippen LogP contribution in [0.5, 0.6) is 0 Å². The molecular formula is C6H10F3N. The van der Waals surface area contributed by atoms with E-state index in [0.717, 1.165) is 0 Å². The number of hydrogen-bond donors (Lipinski definition) is 1. The zero-order valence-corrected chi connectivity index (χ0v) is 5.70. The Morgan fingerprint density at radius 1 is 1.30 bits per heavy atom. The first-order valence-corrected chi connectivity index (χ1v) is 3.33. The third-order valence-electron chi connectivity index (χ3n) is 1.77. The van der Waals surface area contributed by atoms with Gasteiger partial charge in [-0.1, -0.05) is 0 Å². The third-order valence-corrected chi connectivity index (χ3v) is 1.77. The quantitative estimate of drug-likeness (QED) is 0.558. The van der Waals surface area contributed by atoms with Gasteiger partial charge in [-0.3, -0.25) is 0 Å². The highest BCUT2D eigenvalue weighted by atomic mass is 19.4. The molecule has 0 amide bonds. The molecule has 0 aromatic heterocycles. The molecule has 1 saturated heterocycles. The first-order chi connectivity index (χ1) is 4.50. The first kappa shape index (κ1) is 7.85. The normalized spacial score (nSPS) is 34.8. The minimum absolute atomic E-state index is 0.0200. The number of rotatable bonds is 0. The molecule has 10 heavy (non-hydrogen) atoms. The van der Waals surface area contributed by atoms with Crippen LogP contribution < -0.4 is 5.32 Å².